The quantitative estimate of drug-likeness (QED) is 0.730. The number of ether oxygens (including phenoxy) is 1. The molecule has 1 aromatic heterocycles. The van der Waals surface area contributed by atoms with E-state index in [0.29, 0.717) is 24.6 Å². The maximum absolute atomic E-state index is 10.2. The van der Waals surface area contributed by atoms with E-state index in [4.69, 9.17) is 10.00 Å². The van der Waals surface area contributed by atoms with Crippen LogP contribution in [0.3, 0.4) is 0 Å². The van der Waals surface area contributed by atoms with Gasteiger partial charge in [-0.15, -0.1) is 11.3 Å². The van der Waals surface area contributed by atoms with Crippen molar-refractivity contribution >= 4 is 11.3 Å². The maximum Gasteiger partial charge on any atom is 0.119 e. The van der Waals surface area contributed by atoms with Crippen LogP contribution >= 0.6 is 11.3 Å². The lowest BCUT2D eigenvalue weighted by molar-refractivity contribution is 0.102. The van der Waals surface area contributed by atoms with Gasteiger partial charge in [-0.05, 0) is 35.1 Å². The molecule has 0 saturated heterocycles. The molecule has 0 saturated carbocycles. The molecule has 0 aliphatic heterocycles. The van der Waals surface area contributed by atoms with Crippen LogP contribution in [0.1, 0.15) is 30.3 Å². The van der Waals surface area contributed by atoms with E-state index >= 15 is 0 Å². The third-order valence-electron chi connectivity index (χ3n) is 3.74. The van der Waals surface area contributed by atoms with E-state index in [1.807, 2.05) is 30.3 Å². The van der Waals surface area contributed by atoms with Crippen molar-refractivity contribution in [2.45, 2.75) is 32.4 Å². The topological polar surface area (TPSA) is 65.3 Å². The fraction of sp³-hybridized carbons (Fsp3) is 0.421. The lowest BCUT2D eigenvalue weighted by Gasteiger charge is -2.23. The highest BCUT2D eigenvalue weighted by Crippen LogP contribution is 2.25. The molecule has 24 heavy (non-hydrogen) atoms. The zero-order valence-corrected chi connectivity index (χ0v) is 14.9. The van der Waals surface area contributed by atoms with Gasteiger partial charge in [0.15, 0.2) is 0 Å². The van der Waals surface area contributed by atoms with Crippen LogP contribution in [0.5, 0.6) is 5.75 Å². The molecule has 0 spiro atoms. The van der Waals surface area contributed by atoms with E-state index in [0.717, 1.165) is 5.56 Å². The standard InChI is InChI=1S/C19H24N2O2S/c1-14(2)19(18-4-3-11-24-18)21-12-16(22)13-23-17-7-5-15(6-8-17)9-10-20/h3-8,11,14,16,19,21-22H,9,12-13H2,1-2H3/t16-,19+/m1/s1. The predicted molar refractivity (Wildman–Crippen MR) is 97.2 cm³/mol. The molecule has 0 bridgehead atoms. The van der Waals surface area contributed by atoms with Gasteiger partial charge in [-0.2, -0.15) is 5.26 Å². The largest absolute Gasteiger partial charge is 0.491 e. The average molecular weight is 344 g/mol. The Hall–Kier alpha value is -1.87. The van der Waals surface area contributed by atoms with Crippen LogP contribution in [0, 0.1) is 17.2 Å². The van der Waals surface area contributed by atoms with Crippen LogP contribution < -0.4 is 10.1 Å². The molecular formula is C19H24N2O2S. The van der Waals surface area contributed by atoms with Gasteiger partial charge in [0.2, 0.25) is 0 Å². The highest BCUT2D eigenvalue weighted by atomic mass is 32.1. The maximum atomic E-state index is 10.2. The summed E-state index contributed by atoms with van der Waals surface area (Å²) in [6.07, 6.45) is -0.184. The highest BCUT2D eigenvalue weighted by molar-refractivity contribution is 7.10. The third kappa shape index (κ3) is 5.64. The minimum Gasteiger partial charge on any atom is -0.491 e. The molecule has 2 N–H and O–H groups in total. The number of nitrogens with one attached hydrogen (secondary N) is 1. The minimum absolute atomic E-state index is 0.236. The monoisotopic (exact) mass is 344 g/mol. The summed E-state index contributed by atoms with van der Waals surface area (Å²) in [6.45, 7) is 5.05. The number of hydrogen-bond acceptors (Lipinski definition) is 5. The summed E-state index contributed by atoms with van der Waals surface area (Å²) in [4.78, 5) is 1.28. The molecule has 0 aliphatic rings. The predicted octanol–water partition coefficient (Wildman–Crippen LogP) is 3.54. The van der Waals surface area contributed by atoms with Crippen LogP contribution in [0.2, 0.25) is 0 Å². The Bertz CT molecular complexity index is 632. The summed E-state index contributed by atoms with van der Waals surface area (Å²) in [6, 6.07) is 13.9. The second-order valence-electron chi connectivity index (χ2n) is 6.09. The molecule has 0 fully saturated rings. The van der Waals surface area contributed by atoms with Gasteiger partial charge in [-0.1, -0.05) is 32.0 Å². The van der Waals surface area contributed by atoms with Gasteiger partial charge in [0, 0.05) is 17.5 Å². The zero-order chi connectivity index (χ0) is 17.4. The molecule has 0 aliphatic carbocycles. The molecule has 0 radical (unpaired) electrons. The van der Waals surface area contributed by atoms with Crippen molar-refractivity contribution in [1.29, 1.82) is 5.26 Å². The first kappa shape index (κ1) is 18.5. The van der Waals surface area contributed by atoms with E-state index < -0.39 is 6.10 Å². The van der Waals surface area contributed by atoms with Gasteiger partial charge < -0.3 is 15.2 Å². The van der Waals surface area contributed by atoms with Gasteiger partial charge >= 0.3 is 0 Å². The van der Waals surface area contributed by atoms with E-state index in [9.17, 15) is 5.11 Å². The van der Waals surface area contributed by atoms with Gasteiger partial charge in [0.25, 0.3) is 0 Å². The number of aliphatic hydroxyl groups is 1. The Balaban J connectivity index is 1.78. The molecule has 1 heterocycles. The normalized spacial score (nSPS) is 13.5. The Morgan fingerprint density at radius 2 is 2.00 bits per heavy atom. The summed E-state index contributed by atoms with van der Waals surface area (Å²) in [5.74, 6) is 1.15. The lowest BCUT2D eigenvalue weighted by Crippen LogP contribution is -2.35. The average Bonchev–Trinajstić information content (AvgIpc) is 3.08. The Kier molecular flexibility index (Phi) is 7.26. The van der Waals surface area contributed by atoms with Crippen LogP contribution in [-0.2, 0) is 6.42 Å². The number of hydrogen-bond donors (Lipinski definition) is 2. The second kappa shape index (κ2) is 9.43. The summed E-state index contributed by atoms with van der Waals surface area (Å²) >= 11 is 1.73. The number of benzene rings is 1. The number of aliphatic hydroxyl groups excluding tert-OH is 1. The van der Waals surface area contributed by atoms with Crippen molar-refractivity contribution in [2.75, 3.05) is 13.2 Å². The van der Waals surface area contributed by atoms with Gasteiger partial charge in [-0.25, -0.2) is 0 Å². The van der Waals surface area contributed by atoms with E-state index in [1.54, 1.807) is 11.3 Å². The van der Waals surface area contributed by atoms with Gasteiger partial charge in [0.05, 0.1) is 12.5 Å². The fourth-order valence-corrected chi connectivity index (χ4v) is 3.42. The van der Waals surface area contributed by atoms with Crippen molar-refractivity contribution in [3.8, 4) is 11.8 Å². The summed E-state index contributed by atoms with van der Waals surface area (Å²) in [5.41, 5.74) is 0.961. The van der Waals surface area contributed by atoms with Gasteiger partial charge in [-0.3, -0.25) is 0 Å². The molecule has 128 valence electrons. The molecule has 1 aromatic carbocycles. The first-order valence-electron chi connectivity index (χ1n) is 8.13. The zero-order valence-electron chi connectivity index (χ0n) is 14.1. The van der Waals surface area contributed by atoms with Crippen molar-refractivity contribution in [1.82, 2.24) is 5.32 Å². The molecular weight excluding hydrogens is 320 g/mol. The molecule has 5 heteroatoms. The number of nitrogens with zero attached hydrogens (tertiary/aromatic N) is 1. The van der Waals surface area contributed by atoms with Crippen molar-refractivity contribution < 1.29 is 9.84 Å². The van der Waals surface area contributed by atoms with Crippen molar-refractivity contribution in [2.24, 2.45) is 5.92 Å². The van der Waals surface area contributed by atoms with Crippen LogP contribution in [-0.4, -0.2) is 24.4 Å². The highest BCUT2D eigenvalue weighted by Gasteiger charge is 2.17. The summed E-state index contributed by atoms with van der Waals surface area (Å²) < 4.78 is 5.61. The first-order valence-corrected chi connectivity index (χ1v) is 9.01. The number of rotatable bonds is 9. The molecule has 2 atom stereocenters. The van der Waals surface area contributed by atoms with Crippen LogP contribution in [0.25, 0.3) is 0 Å². The molecule has 2 aromatic rings. The van der Waals surface area contributed by atoms with Crippen molar-refractivity contribution in [3.63, 3.8) is 0 Å². The Labute approximate surface area is 147 Å². The van der Waals surface area contributed by atoms with Crippen LogP contribution in [0.4, 0.5) is 0 Å². The SMILES string of the molecule is CC(C)[C@H](NC[C@@H](O)COc1ccc(CC#N)cc1)c1cccs1. The van der Waals surface area contributed by atoms with Crippen LogP contribution in [0.15, 0.2) is 41.8 Å². The summed E-state index contributed by atoms with van der Waals surface area (Å²) in [5, 5.41) is 24.3. The number of nitriles is 1. The summed E-state index contributed by atoms with van der Waals surface area (Å²) in [7, 11) is 0. The second-order valence-corrected chi connectivity index (χ2v) is 7.07. The lowest BCUT2D eigenvalue weighted by atomic mass is 10.0. The smallest absolute Gasteiger partial charge is 0.119 e. The van der Waals surface area contributed by atoms with Crippen molar-refractivity contribution in [3.05, 3.63) is 52.2 Å². The minimum atomic E-state index is -0.579. The Morgan fingerprint density at radius 3 is 2.58 bits per heavy atom. The molecule has 0 amide bonds. The number of thiophene rings is 1. The van der Waals surface area contributed by atoms with E-state index in [-0.39, 0.29) is 12.6 Å². The van der Waals surface area contributed by atoms with E-state index in [1.165, 1.54) is 4.88 Å². The third-order valence-corrected chi connectivity index (χ3v) is 4.69. The van der Waals surface area contributed by atoms with E-state index in [2.05, 4.69) is 36.7 Å². The Morgan fingerprint density at radius 1 is 1.25 bits per heavy atom. The first-order chi connectivity index (χ1) is 11.6. The molecule has 2 rings (SSSR count). The van der Waals surface area contributed by atoms with Gasteiger partial charge in [0.1, 0.15) is 18.5 Å². The molecule has 0 unspecified atom stereocenters. The fourth-order valence-electron chi connectivity index (χ4n) is 2.44. The molecule has 4 nitrogen and oxygen atoms in total.